The molecule has 170 valence electrons. The Labute approximate surface area is 176 Å². The number of aliphatic hydroxyl groups excluding tert-OH is 1. The third-order valence-electron chi connectivity index (χ3n) is 4.31. The molecule has 0 amide bonds. The van der Waals surface area contributed by atoms with Crippen LogP contribution in [0.15, 0.2) is 24.3 Å². The number of benzene rings is 1. The smallest absolute Gasteiger partial charge is 0.303 e. The van der Waals surface area contributed by atoms with Gasteiger partial charge in [0, 0.05) is 19.0 Å². The fraction of sp³-hybridized carbons (Fsp3) is 0.632. The molecule has 0 bridgehead atoms. The second-order valence-electron chi connectivity index (χ2n) is 6.99. The lowest BCUT2D eigenvalue weighted by Crippen LogP contribution is -2.27. The van der Waals surface area contributed by atoms with Crippen LogP contribution in [-0.2, 0) is 14.8 Å². The van der Waals surface area contributed by atoms with Crippen molar-refractivity contribution in [2.45, 2.75) is 57.5 Å². The number of nitro benzene ring substituents is 1. The molecule has 0 aromatic heterocycles. The van der Waals surface area contributed by atoms with Gasteiger partial charge in [-0.05, 0) is 38.2 Å². The van der Waals surface area contributed by atoms with Crippen LogP contribution >= 0.6 is 0 Å². The molecule has 11 heteroatoms. The average Bonchev–Trinajstić information content (AvgIpc) is 2.69. The van der Waals surface area contributed by atoms with Crippen molar-refractivity contribution >= 4 is 21.7 Å². The highest BCUT2D eigenvalue weighted by molar-refractivity contribution is 7.89. The highest BCUT2D eigenvalue weighted by Crippen LogP contribution is 2.19. The van der Waals surface area contributed by atoms with Gasteiger partial charge in [0.1, 0.15) is 12.4 Å². The number of carboxylic acids is 1. The number of unbranched alkanes of at least 4 members (excludes halogenated alkanes) is 4. The molecule has 1 aromatic rings. The molecule has 0 spiro atoms. The molecule has 0 heterocycles. The first-order chi connectivity index (χ1) is 14.2. The van der Waals surface area contributed by atoms with E-state index in [0.29, 0.717) is 38.6 Å². The second-order valence-corrected chi connectivity index (χ2v) is 8.91. The number of carbonyl (C=O) groups is 1. The first-order valence-electron chi connectivity index (χ1n) is 9.94. The van der Waals surface area contributed by atoms with Crippen LogP contribution in [0.5, 0.6) is 5.75 Å². The van der Waals surface area contributed by atoms with E-state index in [1.54, 1.807) is 6.07 Å². The number of nitro groups is 1. The van der Waals surface area contributed by atoms with Crippen molar-refractivity contribution in [3.63, 3.8) is 0 Å². The number of sulfonamides is 1. The average molecular weight is 447 g/mol. The number of non-ortho nitro benzene ring substituents is 1. The zero-order valence-corrected chi connectivity index (χ0v) is 17.7. The predicted molar refractivity (Wildman–Crippen MR) is 111 cm³/mol. The van der Waals surface area contributed by atoms with Crippen LogP contribution < -0.4 is 9.46 Å². The van der Waals surface area contributed by atoms with Gasteiger partial charge in [-0.1, -0.05) is 18.9 Å². The normalized spacial score (nSPS) is 12.4. The van der Waals surface area contributed by atoms with Gasteiger partial charge in [-0.3, -0.25) is 14.9 Å². The maximum Gasteiger partial charge on any atom is 0.303 e. The van der Waals surface area contributed by atoms with Crippen molar-refractivity contribution in [3.05, 3.63) is 34.4 Å². The molecule has 1 aromatic carbocycles. The molecule has 3 N–H and O–H groups in total. The van der Waals surface area contributed by atoms with Crippen molar-refractivity contribution in [2.75, 3.05) is 18.9 Å². The molecular weight excluding hydrogens is 416 g/mol. The Hall–Kier alpha value is -2.24. The van der Waals surface area contributed by atoms with E-state index < -0.39 is 27.0 Å². The predicted octanol–water partition coefficient (Wildman–Crippen LogP) is 2.46. The topological polar surface area (TPSA) is 156 Å². The summed E-state index contributed by atoms with van der Waals surface area (Å²) >= 11 is 0. The summed E-state index contributed by atoms with van der Waals surface area (Å²) in [5.74, 6) is -0.570. The number of rotatable bonds is 17. The van der Waals surface area contributed by atoms with Crippen LogP contribution in [-0.4, -0.2) is 54.5 Å². The Balaban J connectivity index is 2.12. The zero-order chi connectivity index (χ0) is 22.4. The van der Waals surface area contributed by atoms with Gasteiger partial charge < -0.3 is 14.9 Å². The van der Waals surface area contributed by atoms with Crippen molar-refractivity contribution in [1.29, 1.82) is 0 Å². The number of aliphatic hydroxyl groups is 1. The number of ether oxygens (including phenoxy) is 1. The third kappa shape index (κ3) is 12.3. The van der Waals surface area contributed by atoms with Gasteiger partial charge >= 0.3 is 5.97 Å². The Morgan fingerprint density at radius 3 is 2.60 bits per heavy atom. The fourth-order valence-corrected chi connectivity index (χ4v) is 3.87. The van der Waals surface area contributed by atoms with Crippen molar-refractivity contribution in [1.82, 2.24) is 4.72 Å². The summed E-state index contributed by atoms with van der Waals surface area (Å²) in [5, 5.41) is 29.2. The van der Waals surface area contributed by atoms with Gasteiger partial charge in [0.2, 0.25) is 10.0 Å². The number of hydrogen-bond acceptors (Lipinski definition) is 7. The maximum atomic E-state index is 11.9. The number of nitrogens with one attached hydrogen (secondary N) is 1. The molecule has 10 nitrogen and oxygen atoms in total. The highest BCUT2D eigenvalue weighted by Gasteiger charge is 2.12. The third-order valence-corrected chi connectivity index (χ3v) is 5.78. The molecular formula is C19H30N2O8S. The van der Waals surface area contributed by atoms with Gasteiger partial charge in [-0.25, -0.2) is 13.1 Å². The molecule has 1 unspecified atom stereocenters. The molecule has 0 saturated heterocycles. The lowest BCUT2D eigenvalue weighted by atomic mass is 10.1. The lowest BCUT2D eigenvalue weighted by Gasteiger charge is -2.12. The quantitative estimate of drug-likeness (QED) is 0.187. The van der Waals surface area contributed by atoms with E-state index in [1.165, 1.54) is 18.2 Å². The molecule has 1 atom stereocenters. The largest absolute Gasteiger partial charge is 0.491 e. The van der Waals surface area contributed by atoms with Gasteiger partial charge in [0.05, 0.1) is 22.8 Å². The first-order valence-corrected chi connectivity index (χ1v) is 11.6. The SMILES string of the molecule is O=C(O)CCCCCCNS(=O)(=O)CCCCC(O)COc1cccc([N+](=O)[O-])c1. The van der Waals surface area contributed by atoms with E-state index in [1.807, 2.05) is 0 Å². The monoisotopic (exact) mass is 446 g/mol. The highest BCUT2D eigenvalue weighted by atomic mass is 32.2. The summed E-state index contributed by atoms with van der Waals surface area (Å²) in [6, 6.07) is 5.67. The molecule has 1 rings (SSSR count). The molecule has 0 aliphatic carbocycles. The number of hydrogen-bond donors (Lipinski definition) is 3. The van der Waals surface area contributed by atoms with Crippen LogP contribution in [0.25, 0.3) is 0 Å². The van der Waals surface area contributed by atoms with Crippen molar-refractivity contribution in [2.24, 2.45) is 0 Å². The fourth-order valence-electron chi connectivity index (χ4n) is 2.69. The molecule has 0 aliphatic rings. The van der Waals surface area contributed by atoms with E-state index in [2.05, 4.69) is 4.72 Å². The summed E-state index contributed by atoms with van der Waals surface area (Å²) in [6.07, 6.45) is 3.35. The molecule has 0 aliphatic heterocycles. The minimum atomic E-state index is -3.37. The first kappa shape index (κ1) is 25.8. The molecule has 0 radical (unpaired) electrons. The zero-order valence-electron chi connectivity index (χ0n) is 16.9. The number of carboxylic acid groups (broad SMARTS) is 1. The summed E-state index contributed by atoms with van der Waals surface area (Å²) in [7, 11) is -3.37. The maximum absolute atomic E-state index is 11.9. The van der Waals surface area contributed by atoms with Crippen molar-refractivity contribution < 1.29 is 33.1 Å². The standard InChI is InChI=1S/C19H30N2O8S/c22-17(15-29-18-10-7-8-16(14-18)21(25)26)9-4-6-13-30(27,28)20-12-5-2-1-3-11-19(23)24/h7-8,10,14,17,20,22H,1-6,9,11-13,15H2,(H,23,24). The van der Waals surface area contributed by atoms with E-state index in [0.717, 1.165) is 12.8 Å². The molecule has 30 heavy (non-hydrogen) atoms. The Morgan fingerprint density at radius 2 is 1.90 bits per heavy atom. The van der Waals surface area contributed by atoms with Crippen LogP contribution in [0.4, 0.5) is 5.69 Å². The van der Waals surface area contributed by atoms with E-state index in [-0.39, 0.29) is 30.2 Å². The van der Waals surface area contributed by atoms with E-state index in [4.69, 9.17) is 9.84 Å². The van der Waals surface area contributed by atoms with Crippen LogP contribution in [0.2, 0.25) is 0 Å². The minimum Gasteiger partial charge on any atom is -0.491 e. The summed E-state index contributed by atoms with van der Waals surface area (Å²) in [6.45, 7) is 0.295. The Bertz CT molecular complexity index is 770. The summed E-state index contributed by atoms with van der Waals surface area (Å²) in [4.78, 5) is 20.6. The second kappa shape index (κ2) is 13.9. The van der Waals surface area contributed by atoms with E-state index in [9.17, 15) is 28.4 Å². The van der Waals surface area contributed by atoms with E-state index >= 15 is 0 Å². The lowest BCUT2D eigenvalue weighted by molar-refractivity contribution is -0.384. The molecule has 0 saturated carbocycles. The Morgan fingerprint density at radius 1 is 1.17 bits per heavy atom. The van der Waals surface area contributed by atoms with Crippen LogP contribution in [0, 0.1) is 10.1 Å². The van der Waals surface area contributed by atoms with Gasteiger partial charge in [0.15, 0.2) is 0 Å². The van der Waals surface area contributed by atoms with Gasteiger partial charge in [-0.15, -0.1) is 0 Å². The van der Waals surface area contributed by atoms with Crippen molar-refractivity contribution in [3.8, 4) is 5.75 Å². The van der Waals surface area contributed by atoms with Gasteiger partial charge in [0.25, 0.3) is 5.69 Å². The van der Waals surface area contributed by atoms with Crippen LogP contribution in [0.3, 0.4) is 0 Å². The molecule has 0 fully saturated rings. The van der Waals surface area contributed by atoms with Crippen LogP contribution in [0.1, 0.15) is 51.4 Å². The number of nitrogens with zero attached hydrogens (tertiary/aromatic N) is 1. The Kier molecular flexibility index (Phi) is 11.9. The summed E-state index contributed by atoms with van der Waals surface area (Å²) in [5.41, 5.74) is -0.0973. The summed E-state index contributed by atoms with van der Waals surface area (Å²) < 4.78 is 31.7. The number of aliphatic carboxylic acids is 1. The minimum absolute atomic E-state index is 0.0337. The van der Waals surface area contributed by atoms with Gasteiger partial charge in [-0.2, -0.15) is 0 Å².